The summed E-state index contributed by atoms with van der Waals surface area (Å²) in [5.41, 5.74) is 1.20. The van der Waals surface area contributed by atoms with Crippen molar-refractivity contribution in [3.63, 3.8) is 0 Å². The van der Waals surface area contributed by atoms with E-state index in [1.54, 1.807) is 11.3 Å². The third-order valence-electron chi connectivity index (χ3n) is 1.80. The van der Waals surface area contributed by atoms with E-state index < -0.39 is 0 Å². The minimum absolute atomic E-state index is 0.975. The normalized spacial score (nSPS) is 15.9. The van der Waals surface area contributed by atoms with Crippen molar-refractivity contribution in [2.45, 2.75) is 19.1 Å². The molecule has 1 aliphatic heterocycles. The Morgan fingerprint density at radius 1 is 1.57 bits per heavy atom. The molecule has 0 N–H and O–H groups in total. The van der Waals surface area contributed by atoms with Crippen LogP contribution in [0.1, 0.15) is 17.6 Å². The molecule has 76 valence electrons. The van der Waals surface area contributed by atoms with Gasteiger partial charge < -0.3 is 0 Å². The Morgan fingerprint density at radius 3 is 3.14 bits per heavy atom. The standard InChI is InChI=1S/C9H12N2S3/c1-2-8-11-7(5-13-8)6-14-9-10-3-4-12-9/h5H,2-4,6H2,1H3. The van der Waals surface area contributed by atoms with Crippen molar-refractivity contribution in [3.8, 4) is 0 Å². The van der Waals surface area contributed by atoms with Gasteiger partial charge in [0.05, 0.1) is 17.2 Å². The molecule has 14 heavy (non-hydrogen) atoms. The van der Waals surface area contributed by atoms with Crippen molar-refractivity contribution in [1.82, 2.24) is 4.98 Å². The van der Waals surface area contributed by atoms with Gasteiger partial charge in [-0.1, -0.05) is 30.4 Å². The molecule has 0 aromatic carbocycles. The number of rotatable bonds is 3. The molecule has 0 fully saturated rings. The molecule has 1 aromatic heterocycles. The van der Waals surface area contributed by atoms with E-state index in [-0.39, 0.29) is 0 Å². The minimum Gasteiger partial charge on any atom is -0.271 e. The molecule has 2 rings (SSSR count). The summed E-state index contributed by atoms with van der Waals surface area (Å²) in [6.07, 6.45) is 1.05. The van der Waals surface area contributed by atoms with Gasteiger partial charge in [0.25, 0.3) is 0 Å². The first-order valence-electron chi connectivity index (χ1n) is 4.62. The lowest BCUT2D eigenvalue weighted by Gasteiger charge is -1.95. The molecule has 5 heteroatoms. The number of nitrogens with zero attached hydrogens (tertiary/aromatic N) is 2. The van der Waals surface area contributed by atoms with Crippen LogP contribution >= 0.6 is 34.9 Å². The summed E-state index contributed by atoms with van der Waals surface area (Å²) in [5.74, 6) is 2.13. The van der Waals surface area contributed by atoms with Gasteiger partial charge in [0.1, 0.15) is 4.38 Å². The van der Waals surface area contributed by atoms with Gasteiger partial charge in [-0.25, -0.2) is 4.98 Å². The van der Waals surface area contributed by atoms with Gasteiger partial charge in [0.2, 0.25) is 0 Å². The van der Waals surface area contributed by atoms with E-state index in [1.807, 2.05) is 23.5 Å². The van der Waals surface area contributed by atoms with Gasteiger partial charge in [-0.15, -0.1) is 11.3 Å². The highest BCUT2D eigenvalue weighted by Crippen LogP contribution is 2.25. The Labute approximate surface area is 96.6 Å². The molecule has 0 unspecified atom stereocenters. The Hall–Kier alpha value is -0.0000000000000000833. The highest BCUT2D eigenvalue weighted by Gasteiger charge is 2.08. The van der Waals surface area contributed by atoms with Crippen LogP contribution in [0.25, 0.3) is 0 Å². The quantitative estimate of drug-likeness (QED) is 0.817. The SMILES string of the molecule is CCc1nc(CSC2=NCCS2)cs1. The number of hydrogen-bond acceptors (Lipinski definition) is 5. The van der Waals surface area contributed by atoms with E-state index in [1.165, 1.54) is 15.1 Å². The maximum Gasteiger partial charge on any atom is 0.125 e. The third-order valence-corrected chi connectivity index (χ3v) is 5.13. The molecule has 2 heterocycles. The van der Waals surface area contributed by atoms with Crippen LogP contribution in [0.15, 0.2) is 10.4 Å². The maximum absolute atomic E-state index is 4.52. The summed E-state index contributed by atoms with van der Waals surface area (Å²) in [7, 11) is 0. The average molecular weight is 244 g/mol. The number of aromatic nitrogens is 1. The highest BCUT2D eigenvalue weighted by molar-refractivity contribution is 8.38. The number of thioether (sulfide) groups is 2. The minimum atomic E-state index is 0.975. The van der Waals surface area contributed by atoms with Crippen molar-refractivity contribution < 1.29 is 0 Å². The number of aliphatic imine (C=N–C) groups is 1. The molecule has 0 saturated heterocycles. The van der Waals surface area contributed by atoms with Crippen LogP contribution in [0.2, 0.25) is 0 Å². The summed E-state index contributed by atoms with van der Waals surface area (Å²) in [4.78, 5) is 8.92. The van der Waals surface area contributed by atoms with Crippen LogP contribution < -0.4 is 0 Å². The van der Waals surface area contributed by atoms with Crippen LogP contribution in [0.3, 0.4) is 0 Å². The fourth-order valence-electron chi connectivity index (χ4n) is 1.12. The van der Waals surface area contributed by atoms with Gasteiger partial charge >= 0.3 is 0 Å². The second kappa shape index (κ2) is 5.19. The molecule has 0 aliphatic carbocycles. The van der Waals surface area contributed by atoms with Crippen LogP contribution in [0.5, 0.6) is 0 Å². The van der Waals surface area contributed by atoms with Crippen molar-refractivity contribution in [2.24, 2.45) is 4.99 Å². The van der Waals surface area contributed by atoms with Crippen LogP contribution in [-0.4, -0.2) is 21.7 Å². The third kappa shape index (κ3) is 2.74. The highest BCUT2D eigenvalue weighted by atomic mass is 32.2. The first-order chi connectivity index (χ1) is 6.88. The van der Waals surface area contributed by atoms with Gasteiger partial charge in [0, 0.05) is 16.9 Å². The summed E-state index contributed by atoms with van der Waals surface area (Å²) in [5, 5.41) is 3.40. The molecule has 1 aromatic rings. The Morgan fingerprint density at radius 2 is 2.50 bits per heavy atom. The van der Waals surface area contributed by atoms with Crippen molar-refractivity contribution in [3.05, 3.63) is 16.1 Å². The topological polar surface area (TPSA) is 25.2 Å². The molecule has 0 amide bonds. The van der Waals surface area contributed by atoms with Crippen LogP contribution in [0, 0.1) is 0 Å². The molecule has 0 radical (unpaired) electrons. The van der Waals surface area contributed by atoms with Gasteiger partial charge in [0.15, 0.2) is 0 Å². The van der Waals surface area contributed by atoms with Crippen molar-refractivity contribution in [1.29, 1.82) is 0 Å². The van der Waals surface area contributed by atoms with E-state index in [0.29, 0.717) is 0 Å². The molecule has 0 spiro atoms. The lowest BCUT2D eigenvalue weighted by molar-refractivity contribution is 1.06. The zero-order valence-corrected chi connectivity index (χ0v) is 10.5. The van der Waals surface area contributed by atoms with E-state index in [4.69, 9.17) is 0 Å². The fraction of sp³-hybridized carbons (Fsp3) is 0.556. The Bertz CT molecular complexity index is 333. The average Bonchev–Trinajstić information content (AvgIpc) is 2.86. The van der Waals surface area contributed by atoms with Gasteiger partial charge in [-0.05, 0) is 6.42 Å². The second-order valence-corrected chi connectivity index (χ2v) is 6.12. The largest absolute Gasteiger partial charge is 0.271 e. The molecule has 0 atom stereocenters. The van der Waals surface area contributed by atoms with Crippen molar-refractivity contribution >= 4 is 39.2 Å². The summed E-state index contributed by atoms with van der Waals surface area (Å²) in [6, 6.07) is 0. The second-order valence-electron chi connectivity index (χ2n) is 2.87. The predicted octanol–water partition coefficient (Wildman–Crippen LogP) is 3.04. The Kier molecular flexibility index (Phi) is 3.89. The molecular weight excluding hydrogens is 232 g/mol. The zero-order valence-electron chi connectivity index (χ0n) is 8.02. The lowest BCUT2D eigenvalue weighted by Crippen LogP contribution is -1.86. The smallest absolute Gasteiger partial charge is 0.125 e. The fourth-order valence-corrected chi connectivity index (χ4v) is 3.87. The molecular formula is C9H12N2S3. The van der Waals surface area contributed by atoms with E-state index >= 15 is 0 Å². The monoisotopic (exact) mass is 244 g/mol. The van der Waals surface area contributed by atoms with Crippen LogP contribution in [-0.2, 0) is 12.2 Å². The number of thiazole rings is 1. The van der Waals surface area contributed by atoms with Gasteiger partial charge in [-0.2, -0.15) is 0 Å². The van der Waals surface area contributed by atoms with Gasteiger partial charge in [-0.3, -0.25) is 4.99 Å². The maximum atomic E-state index is 4.52. The predicted molar refractivity (Wildman–Crippen MR) is 67.5 cm³/mol. The molecule has 1 aliphatic rings. The first kappa shape index (κ1) is 10.5. The Balaban J connectivity index is 1.85. The van der Waals surface area contributed by atoms with Crippen LogP contribution in [0.4, 0.5) is 0 Å². The lowest BCUT2D eigenvalue weighted by atomic mass is 10.5. The number of hydrogen-bond donors (Lipinski definition) is 0. The molecule has 0 bridgehead atoms. The summed E-state index contributed by atoms with van der Waals surface area (Å²) in [6.45, 7) is 3.14. The van der Waals surface area contributed by atoms with Crippen molar-refractivity contribution in [2.75, 3.05) is 12.3 Å². The van der Waals surface area contributed by atoms with E-state index in [2.05, 4.69) is 22.3 Å². The van der Waals surface area contributed by atoms with E-state index in [9.17, 15) is 0 Å². The number of aryl methyl sites for hydroxylation is 1. The first-order valence-corrected chi connectivity index (χ1v) is 7.47. The zero-order chi connectivity index (χ0) is 9.80. The molecule has 0 saturated carbocycles. The summed E-state index contributed by atoms with van der Waals surface area (Å²) >= 11 is 5.44. The summed E-state index contributed by atoms with van der Waals surface area (Å²) < 4.78 is 1.23. The molecule has 2 nitrogen and oxygen atoms in total. The van der Waals surface area contributed by atoms with E-state index in [0.717, 1.165) is 24.5 Å².